The molecule has 0 saturated heterocycles. The van der Waals surface area contributed by atoms with Crippen molar-refractivity contribution in [2.75, 3.05) is 39.6 Å². The summed E-state index contributed by atoms with van der Waals surface area (Å²) in [6, 6.07) is 0. The fourth-order valence-corrected chi connectivity index (χ4v) is 15.9. The van der Waals surface area contributed by atoms with Crippen LogP contribution in [-0.4, -0.2) is 96.7 Å². The van der Waals surface area contributed by atoms with E-state index >= 15 is 0 Å². The number of unbranched alkanes of at least 4 members (excludes halogenated alkanes) is 59. The third-order valence-corrected chi connectivity index (χ3v) is 23.7. The molecule has 0 spiro atoms. The second-order valence-corrected chi connectivity index (χ2v) is 36.3. The van der Waals surface area contributed by atoms with Gasteiger partial charge in [0.05, 0.1) is 26.4 Å². The lowest BCUT2D eigenvalue weighted by Crippen LogP contribution is -2.30. The summed E-state index contributed by atoms with van der Waals surface area (Å²) in [5.74, 6) is -0.480. The molecule has 0 rings (SSSR count). The van der Waals surface area contributed by atoms with Crippen LogP contribution in [0.5, 0.6) is 0 Å². The van der Waals surface area contributed by atoms with Gasteiger partial charge in [-0.15, -0.1) is 0 Å². The molecular formula is C91H178O17P2. The average molecular weight is 1610 g/mol. The number of aliphatic hydroxyl groups excluding tert-OH is 1. The number of aliphatic hydroxyl groups is 1. The van der Waals surface area contributed by atoms with Gasteiger partial charge in [0.15, 0.2) is 12.2 Å². The van der Waals surface area contributed by atoms with Crippen LogP contribution in [0.15, 0.2) is 0 Å². The van der Waals surface area contributed by atoms with E-state index in [1.165, 1.54) is 308 Å². The molecule has 0 amide bonds. The molecule has 0 aromatic rings. The first-order valence-corrected chi connectivity index (χ1v) is 50.0. The number of carbonyl (C=O) groups is 4. The van der Waals surface area contributed by atoms with Crippen LogP contribution < -0.4 is 0 Å². The molecule has 3 N–H and O–H groups in total. The first-order chi connectivity index (χ1) is 53.4. The number of rotatable bonds is 90. The SMILES string of the molecule is CCCCCCCCCCCCCCCCCCCCCC(=O)OC[C@H](COP(=O)(O)OC[C@@H](O)COP(=O)(O)OC[C@@H](COC(=O)CCCCCCCCCCCC(C)C)OC(=O)CCCCCCCCCCCCCCCCCCC)OC(=O)CCCCCCCCCCCCCCCCCCCCC(C)CC. The highest BCUT2D eigenvalue weighted by Gasteiger charge is 2.31. The zero-order valence-electron chi connectivity index (χ0n) is 72.6. The molecule has 0 aromatic heterocycles. The number of carbonyl (C=O) groups excluding carboxylic acids is 4. The molecule has 0 aromatic carbocycles. The van der Waals surface area contributed by atoms with E-state index in [4.69, 9.17) is 37.0 Å². The van der Waals surface area contributed by atoms with Crippen LogP contribution >= 0.6 is 15.6 Å². The third-order valence-electron chi connectivity index (χ3n) is 21.8. The molecule has 0 aliphatic heterocycles. The van der Waals surface area contributed by atoms with E-state index in [0.29, 0.717) is 25.7 Å². The van der Waals surface area contributed by atoms with Gasteiger partial charge in [-0.25, -0.2) is 9.13 Å². The van der Waals surface area contributed by atoms with Gasteiger partial charge in [0.25, 0.3) is 0 Å². The van der Waals surface area contributed by atoms with Crippen molar-refractivity contribution in [2.45, 2.75) is 509 Å². The van der Waals surface area contributed by atoms with Gasteiger partial charge in [-0.05, 0) is 37.5 Å². The van der Waals surface area contributed by atoms with E-state index in [9.17, 15) is 43.2 Å². The molecule has 3 unspecified atom stereocenters. The van der Waals surface area contributed by atoms with Gasteiger partial charge in [-0.1, -0.05) is 440 Å². The Hall–Kier alpha value is -1.94. The quantitative estimate of drug-likeness (QED) is 0.0222. The van der Waals surface area contributed by atoms with Gasteiger partial charge in [-0.3, -0.25) is 37.3 Å². The van der Waals surface area contributed by atoms with Gasteiger partial charge in [-0.2, -0.15) is 0 Å². The second-order valence-electron chi connectivity index (χ2n) is 33.4. The van der Waals surface area contributed by atoms with Crippen LogP contribution in [0.3, 0.4) is 0 Å². The first kappa shape index (κ1) is 108. The summed E-state index contributed by atoms with van der Waals surface area (Å²) in [6.45, 7) is 9.76. The van der Waals surface area contributed by atoms with Gasteiger partial charge >= 0.3 is 39.5 Å². The predicted molar refractivity (Wildman–Crippen MR) is 455 cm³/mol. The summed E-state index contributed by atoms with van der Waals surface area (Å²) in [4.78, 5) is 73.4. The number of phosphoric ester groups is 2. The molecule has 17 nitrogen and oxygen atoms in total. The largest absolute Gasteiger partial charge is 0.472 e. The van der Waals surface area contributed by atoms with E-state index in [2.05, 4.69) is 41.5 Å². The molecule has 0 fully saturated rings. The summed E-state index contributed by atoms with van der Waals surface area (Å²) >= 11 is 0. The normalized spacial score (nSPS) is 14.0. The highest BCUT2D eigenvalue weighted by atomic mass is 31.2. The second kappa shape index (κ2) is 82.2. The molecule has 0 bridgehead atoms. The molecule has 654 valence electrons. The minimum atomic E-state index is -4.97. The molecule has 0 aliphatic rings. The number of phosphoric acid groups is 2. The molecule has 19 heteroatoms. The minimum absolute atomic E-state index is 0.108. The summed E-state index contributed by atoms with van der Waals surface area (Å²) in [7, 11) is -9.94. The Labute approximate surface area is 677 Å². The van der Waals surface area contributed by atoms with E-state index in [-0.39, 0.29) is 25.7 Å². The van der Waals surface area contributed by atoms with Crippen molar-refractivity contribution in [3.8, 4) is 0 Å². The molecule has 0 radical (unpaired) electrons. The van der Waals surface area contributed by atoms with Crippen molar-refractivity contribution in [3.63, 3.8) is 0 Å². The highest BCUT2D eigenvalue weighted by Crippen LogP contribution is 2.45. The molecule has 0 saturated carbocycles. The Balaban J connectivity index is 5.25. The van der Waals surface area contributed by atoms with E-state index < -0.39 is 97.5 Å². The van der Waals surface area contributed by atoms with Crippen LogP contribution in [0, 0.1) is 11.8 Å². The molecule has 110 heavy (non-hydrogen) atoms. The Kier molecular flexibility index (Phi) is 80.7. The maximum absolute atomic E-state index is 13.2. The number of esters is 4. The van der Waals surface area contributed by atoms with Gasteiger partial charge in [0, 0.05) is 25.7 Å². The monoisotopic (exact) mass is 1610 g/mol. The Morgan fingerprint density at radius 1 is 0.264 bits per heavy atom. The summed E-state index contributed by atoms with van der Waals surface area (Å²) in [6.07, 6.45) is 76.4. The maximum atomic E-state index is 13.2. The van der Waals surface area contributed by atoms with Crippen molar-refractivity contribution in [2.24, 2.45) is 11.8 Å². The van der Waals surface area contributed by atoms with Crippen LogP contribution in [0.1, 0.15) is 491 Å². The fourth-order valence-electron chi connectivity index (χ4n) is 14.3. The molecule has 0 heterocycles. The van der Waals surface area contributed by atoms with Gasteiger partial charge in [0.2, 0.25) is 0 Å². The molecular weight excluding hydrogens is 1430 g/mol. The Bertz CT molecular complexity index is 2100. The minimum Gasteiger partial charge on any atom is -0.462 e. The zero-order valence-corrected chi connectivity index (χ0v) is 74.4. The van der Waals surface area contributed by atoms with Crippen LogP contribution in [0.4, 0.5) is 0 Å². The first-order valence-electron chi connectivity index (χ1n) is 47.0. The van der Waals surface area contributed by atoms with Gasteiger partial charge in [0.1, 0.15) is 19.3 Å². The lowest BCUT2D eigenvalue weighted by Gasteiger charge is -2.21. The van der Waals surface area contributed by atoms with Crippen molar-refractivity contribution < 1.29 is 80.2 Å². The maximum Gasteiger partial charge on any atom is 0.472 e. The van der Waals surface area contributed by atoms with Gasteiger partial charge < -0.3 is 33.8 Å². The Morgan fingerprint density at radius 2 is 0.464 bits per heavy atom. The standard InChI is InChI=1S/C91H178O17P2/c1-7-10-12-14-16-18-20-22-24-26-27-32-35-39-43-49-55-61-67-73-88(93)101-79-86(107-90(95)76-70-64-58-51-45-41-37-33-29-28-31-34-38-42-48-54-60-66-72-84(6)9-3)81-105-109(97,98)103-77-85(92)78-104-110(99,100)106-82-87(80-102-89(94)74-68-62-56-52-46-47-53-59-65-71-83(4)5)108-91(96)75-69-63-57-50-44-40-36-30-25-23-21-19-17-15-13-11-8-2/h83-87,92H,7-82H2,1-6H3,(H,97,98)(H,99,100)/t84?,85-,86-,87-/m1/s1. The Morgan fingerprint density at radius 3 is 0.691 bits per heavy atom. The van der Waals surface area contributed by atoms with Crippen molar-refractivity contribution >= 4 is 39.5 Å². The van der Waals surface area contributed by atoms with Crippen molar-refractivity contribution in [1.29, 1.82) is 0 Å². The number of hydrogen-bond acceptors (Lipinski definition) is 15. The third kappa shape index (κ3) is 82.6. The molecule has 6 atom stereocenters. The van der Waals surface area contributed by atoms with Crippen LogP contribution in [0.25, 0.3) is 0 Å². The topological polar surface area (TPSA) is 237 Å². The number of ether oxygens (including phenoxy) is 4. The lowest BCUT2D eigenvalue weighted by molar-refractivity contribution is -0.161. The summed E-state index contributed by atoms with van der Waals surface area (Å²) in [5.41, 5.74) is 0. The lowest BCUT2D eigenvalue weighted by atomic mass is 9.99. The van der Waals surface area contributed by atoms with E-state index in [1.54, 1.807) is 0 Å². The summed E-state index contributed by atoms with van der Waals surface area (Å²) in [5, 5.41) is 10.7. The highest BCUT2D eigenvalue weighted by molar-refractivity contribution is 7.47. The van der Waals surface area contributed by atoms with Crippen molar-refractivity contribution in [3.05, 3.63) is 0 Å². The van der Waals surface area contributed by atoms with E-state index in [1.807, 2.05) is 0 Å². The molecule has 0 aliphatic carbocycles. The smallest absolute Gasteiger partial charge is 0.462 e. The van der Waals surface area contributed by atoms with Crippen LogP contribution in [0.2, 0.25) is 0 Å². The predicted octanol–water partition coefficient (Wildman–Crippen LogP) is 28.2. The van der Waals surface area contributed by atoms with Crippen LogP contribution in [-0.2, 0) is 65.4 Å². The fraction of sp³-hybridized carbons (Fsp3) is 0.956. The van der Waals surface area contributed by atoms with E-state index in [0.717, 1.165) is 102 Å². The summed E-state index contributed by atoms with van der Waals surface area (Å²) < 4.78 is 69.1. The number of hydrogen-bond donors (Lipinski definition) is 3. The van der Waals surface area contributed by atoms with Crippen molar-refractivity contribution in [1.82, 2.24) is 0 Å². The zero-order chi connectivity index (χ0) is 80.6. The average Bonchev–Trinajstić information content (AvgIpc) is 0.897.